The lowest BCUT2D eigenvalue weighted by molar-refractivity contribution is -0.122. The van der Waals surface area contributed by atoms with Crippen LogP contribution in [0.25, 0.3) is 0 Å². The SMILES string of the molecule is Cc1ccc(C(C)C)cc1CNC(=O)C1CC1. The second-order valence-corrected chi connectivity index (χ2v) is 5.33. The summed E-state index contributed by atoms with van der Waals surface area (Å²) >= 11 is 0. The number of nitrogens with one attached hydrogen (secondary N) is 1. The first-order valence-corrected chi connectivity index (χ1v) is 6.45. The van der Waals surface area contributed by atoms with E-state index >= 15 is 0 Å². The van der Waals surface area contributed by atoms with E-state index in [4.69, 9.17) is 0 Å². The van der Waals surface area contributed by atoms with Gasteiger partial charge in [-0.3, -0.25) is 4.79 Å². The number of carbonyl (C=O) groups is 1. The summed E-state index contributed by atoms with van der Waals surface area (Å²) in [5.74, 6) is 1.05. The van der Waals surface area contributed by atoms with E-state index in [-0.39, 0.29) is 5.91 Å². The van der Waals surface area contributed by atoms with Crippen LogP contribution in [0.4, 0.5) is 0 Å². The fourth-order valence-corrected chi connectivity index (χ4v) is 1.91. The van der Waals surface area contributed by atoms with Crippen LogP contribution >= 0.6 is 0 Å². The molecular formula is C15H21NO. The van der Waals surface area contributed by atoms with Gasteiger partial charge in [0.25, 0.3) is 0 Å². The third kappa shape index (κ3) is 3.09. The van der Waals surface area contributed by atoms with Crippen LogP contribution in [-0.4, -0.2) is 5.91 Å². The molecule has 92 valence electrons. The first-order valence-electron chi connectivity index (χ1n) is 6.45. The maximum atomic E-state index is 11.6. The Bertz CT molecular complexity index is 419. The normalized spacial score (nSPS) is 15.1. The van der Waals surface area contributed by atoms with Crippen LogP contribution in [0.1, 0.15) is 49.3 Å². The van der Waals surface area contributed by atoms with Gasteiger partial charge in [-0.1, -0.05) is 32.0 Å². The molecule has 0 bridgehead atoms. The average molecular weight is 231 g/mol. The van der Waals surface area contributed by atoms with Gasteiger partial charge in [0.1, 0.15) is 0 Å². The molecule has 1 N–H and O–H groups in total. The van der Waals surface area contributed by atoms with Crippen molar-refractivity contribution in [1.82, 2.24) is 5.32 Å². The molecule has 2 nitrogen and oxygen atoms in total. The van der Waals surface area contributed by atoms with Crippen LogP contribution in [0.15, 0.2) is 18.2 Å². The number of aryl methyl sites for hydroxylation is 1. The van der Waals surface area contributed by atoms with Gasteiger partial charge < -0.3 is 5.32 Å². The number of amides is 1. The highest BCUT2D eigenvalue weighted by Gasteiger charge is 2.29. The lowest BCUT2D eigenvalue weighted by Gasteiger charge is -2.12. The van der Waals surface area contributed by atoms with E-state index in [2.05, 4.69) is 44.3 Å². The molecular weight excluding hydrogens is 210 g/mol. The molecule has 0 heterocycles. The number of benzene rings is 1. The molecule has 0 aromatic heterocycles. The predicted octanol–water partition coefficient (Wildman–Crippen LogP) is 3.14. The second-order valence-electron chi connectivity index (χ2n) is 5.33. The monoisotopic (exact) mass is 231 g/mol. The summed E-state index contributed by atoms with van der Waals surface area (Å²) in [6, 6.07) is 6.54. The molecule has 0 aliphatic heterocycles. The third-order valence-electron chi connectivity index (χ3n) is 3.44. The van der Waals surface area contributed by atoms with Gasteiger partial charge in [0.05, 0.1) is 0 Å². The maximum absolute atomic E-state index is 11.6. The van der Waals surface area contributed by atoms with Crippen molar-refractivity contribution < 1.29 is 4.79 Å². The van der Waals surface area contributed by atoms with Crippen LogP contribution in [0.2, 0.25) is 0 Å². The number of carbonyl (C=O) groups excluding carboxylic acids is 1. The van der Waals surface area contributed by atoms with Crippen molar-refractivity contribution >= 4 is 5.91 Å². The van der Waals surface area contributed by atoms with Crippen molar-refractivity contribution in [3.05, 3.63) is 34.9 Å². The Kier molecular flexibility index (Phi) is 3.51. The minimum atomic E-state index is 0.222. The lowest BCUT2D eigenvalue weighted by Crippen LogP contribution is -2.24. The molecule has 1 fully saturated rings. The zero-order valence-electron chi connectivity index (χ0n) is 10.9. The summed E-state index contributed by atoms with van der Waals surface area (Å²) in [5.41, 5.74) is 3.84. The predicted molar refractivity (Wildman–Crippen MR) is 69.8 cm³/mol. The minimum Gasteiger partial charge on any atom is -0.352 e. The smallest absolute Gasteiger partial charge is 0.223 e. The molecule has 1 amide bonds. The molecule has 0 saturated heterocycles. The Morgan fingerprint density at radius 1 is 1.41 bits per heavy atom. The molecule has 0 spiro atoms. The standard InChI is InChI=1S/C15H21NO/c1-10(2)13-5-4-11(3)14(8-13)9-16-15(17)12-6-7-12/h4-5,8,10,12H,6-7,9H2,1-3H3,(H,16,17). The van der Waals surface area contributed by atoms with Crippen LogP contribution < -0.4 is 5.32 Å². The lowest BCUT2D eigenvalue weighted by atomic mass is 9.98. The van der Waals surface area contributed by atoms with Crippen LogP contribution in [0.5, 0.6) is 0 Å². The first-order chi connectivity index (χ1) is 8.08. The highest BCUT2D eigenvalue weighted by atomic mass is 16.2. The number of hydrogen-bond acceptors (Lipinski definition) is 1. The summed E-state index contributed by atoms with van der Waals surface area (Å²) in [7, 11) is 0. The summed E-state index contributed by atoms with van der Waals surface area (Å²) in [6.07, 6.45) is 2.13. The Balaban J connectivity index is 2.03. The molecule has 1 saturated carbocycles. The first kappa shape index (κ1) is 12.2. The molecule has 1 aliphatic carbocycles. The van der Waals surface area contributed by atoms with Crippen molar-refractivity contribution in [2.45, 2.75) is 46.1 Å². The van der Waals surface area contributed by atoms with E-state index in [1.54, 1.807) is 0 Å². The highest BCUT2D eigenvalue weighted by molar-refractivity contribution is 5.80. The summed E-state index contributed by atoms with van der Waals surface area (Å²) in [5, 5.41) is 3.03. The van der Waals surface area contributed by atoms with Crippen LogP contribution in [-0.2, 0) is 11.3 Å². The van der Waals surface area contributed by atoms with E-state index in [1.165, 1.54) is 16.7 Å². The zero-order valence-corrected chi connectivity index (χ0v) is 10.9. The van der Waals surface area contributed by atoms with Gasteiger partial charge >= 0.3 is 0 Å². The summed E-state index contributed by atoms with van der Waals surface area (Å²) in [4.78, 5) is 11.6. The highest BCUT2D eigenvalue weighted by Crippen LogP contribution is 2.29. The third-order valence-corrected chi connectivity index (χ3v) is 3.44. The number of hydrogen-bond donors (Lipinski definition) is 1. The summed E-state index contributed by atoms with van der Waals surface area (Å²) < 4.78 is 0. The zero-order chi connectivity index (χ0) is 12.4. The molecule has 1 aromatic rings. The van der Waals surface area contributed by atoms with Crippen molar-refractivity contribution in [1.29, 1.82) is 0 Å². The van der Waals surface area contributed by atoms with Gasteiger partial charge in [0.15, 0.2) is 0 Å². The Labute approximate surface area is 103 Å². The second kappa shape index (κ2) is 4.91. The Morgan fingerprint density at radius 2 is 2.12 bits per heavy atom. The van der Waals surface area contributed by atoms with Gasteiger partial charge in [0.2, 0.25) is 5.91 Å². The molecule has 0 unspecified atom stereocenters. The Hall–Kier alpha value is -1.31. The number of rotatable bonds is 4. The van der Waals surface area contributed by atoms with Crippen LogP contribution in [0, 0.1) is 12.8 Å². The fraction of sp³-hybridized carbons (Fsp3) is 0.533. The minimum absolute atomic E-state index is 0.222. The maximum Gasteiger partial charge on any atom is 0.223 e. The van der Waals surface area contributed by atoms with Gasteiger partial charge in [-0.25, -0.2) is 0 Å². The molecule has 1 aliphatic rings. The van der Waals surface area contributed by atoms with Crippen molar-refractivity contribution in [2.24, 2.45) is 5.92 Å². The van der Waals surface area contributed by atoms with Crippen LogP contribution in [0.3, 0.4) is 0 Å². The van der Waals surface area contributed by atoms with E-state index in [1.807, 2.05) is 0 Å². The molecule has 0 radical (unpaired) electrons. The van der Waals surface area contributed by atoms with Gasteiger partial charge in [-0.15, -0.1) is 0 Å². The Morgan fingerprint density at radius 3 is 2.71 bits per heavy atom. The van der Waals surface area contributed by atoms with Crippen molar-refractivity contribution in [3.63, 3.8) is 0 Å². The van der Waals surface area contributed by atoms with Crippen molar-refractivity contribution in [2.75, 3.05) is 0 Å². The average Bonchev–Trinajstić information content (AvgIpc) is 3.11. The van der Waals surface area contributed by atoms with Gasteiger partial charge in [0, 0.05) is 12.5 Å². The molecule has 2 rings (SSSR count). The van der Waals surface area contributed by atoms with Crippen molar-refractivity contribution in [3.8, 4) is 0 Å². The molecule has 1 aromatic carbocycles. The van der Waals surface area contributed by atoms with E-state index < -0.39 is 0 Å². The van der Waals surface area contributed by atoms with E-state index in [0.29, 0.717) is 18.4 Å². The van der Waals surface area contributed by atoms with Gasteiger partial charge in [-0.05, 0) is 42.4 Å². The molecule has 2 heteroatoms. The van der Waals surface area contributed by atoms with E-state index in [9.17, 15) is 4.79 Å². The largest absolute Gasteiger partial charge is 0.352 e. The van der Waals surface area contributed by atoms with Gasteiger partial charge in [-0.2, -0.15) is 0 Å². The summed E-state index contributed by atoms with van der Waals surface area (Å²) in [6.45, 7) is 7.15. The molecule has 0 atom stereocenters. The quantitative estimate of drug-likeness (QED) is 0.847. The topological polar surface area (TPSA) is 29.1 Å². The fourth-order valence-electron chi connectivity index (χ4n) is 1.91. The van der Waals surface area contributed by atoms with E-state index in [0.717, 1.165) is 12.8 Å². The molecule has 17 heavy (non-hydrogen) atoms.